The summed E-state index contributed by atoms with van der Waals surface area (Å²) < 4.78 is 0. The molecule has 68 valence electrons. The zero-order valence-corrected chi connectivity index (χ0v) is 9.00. The summed E-state index contributed by atoms with van der Waals surface area (Å²) in [6.45, 7) is 11.2. The highest BCUT2D eigenvalue weighted by atomic mass is 32.2. The summed E-state index contributed by atoms with van der Waals surface area (Å²) in [5.41, 5.74) is 4.91. The van der Waals surface area contributed by atoms with Crippen molar-refractivity contribution in [3.8, 4) is 11.8 Å². The molecule has 0 atom stereocenters. The lowest BCUT2D eigenvalue weighted by Gasteiger charge is -1.81. The summed E-state index contributed by atoms with van der Waals surface area (Å²) >= 11 is 1.61. The van der Waals surface area contributed by atoms with Crippen molar-refractivity contribution in [2.24, 2.45) is 0 Å². The van der Waals surface area contributed by atoms with Gasteiger partial charge in [0.2, 0.25) is 0 Å². The molecule has 0 rings (SSSR count). The van der Waals surface area contributed by atoms with Crippen molar-refractivity contribution in [3.63, 3.8) is 0 Å². The van der Waals surface area contributed by atoms with Gasteiger partial charge in [-0.3, -0.25) is 0 Å². The molecule has 0 N–H and O–H groups in total. The fraction of sp³-hybridized carbons (Fsp3) is 0.250. The van der Waals surface area contributed by atoms with Crippen LogP contribution in [0, 0.1) is 11.8 Å². The molecular formula is C12H14S. The molecule has 0 nitrogen and oxygen atoms in total. The van der Waals surface area contributed by atoms with Crippen molar-refractivity contribution >= 4 is 11.8 Å². The first-order valence-corrected chi connectivity index (χ1v) is 5.00. The first-order chi connectivity index (χ1) is 6.13. The van der Waals surface area contributed by atoms with Gasteiger partial charge in [-0.1, -0.05) is 30.6 Å². The third-order valence-electron chi connectivity index (χ3n) is 0.938. The lowest BCUT2D eigenvalue weighted by Crippen LogP contribution is -1.67. The molecule has 0 radical (unpaired) electrons. The highest BCUT2D eigenvalue weighted by Crippen LogP contribution is 1.99. The smallest absolute Gasteiger partial charge is 0.0598 e. The summed E-state index contributed by atoms with van der Waals surface area (Å²) in [7, 11) is 0. The molecule has 0 aromatic carbocycles. The van der Waals surface area contributed by atoms with E-state index in [1.54, 1.807) is 11.8 Å². The van der Waals surface area contributed by atoms with E-state index in [0.717, 1.165) is 16.9 Å². The van der Waals surface area contributed by atoms with Gasteiger partial charge < -0.3 is 0 Å². The summed E-state index contributed by atoms with van der Waals surface area (Å²) in [6, 6.07) is 0. The molecule has 13 heavy (non-hydrogen) atoms. The van der Waals surface area contributed by atoms with Crippen LogP contribution in [0.15, 0.2) is 41.5 Å². The summed E-state index contributed by atoms with van der Waals surface area (Å²) in [5.74, 6) is 6.66. The second-order valence-corrected chi connectivity index (χ2v) is 3.53. The summed E-state index contributed by atoms with van der Waals surface area (Å²) in [4.78, 5) is 0. The Kier molecular flexibility index (Phi) is 6.92. The van der Waals surface area contributed by atoms with Gasteiger partial charge in [0, 0.05) is 5.41 Å². The van der Waals surface area contributed by atoms with Gasteiger partial charge >= 0.3 is 0 Å². The molecule has 0 aromatic heterocycles. The third-order valence-corrected chi connectivity index (χ3v) is 1.55. The van der Waals surface area contributed by atoms with Crippen molar-refractivity contribution in [2.75, 3.05) is 5.75 Å². The van der Waals surface area contributed by atoms with Gasteiger partial charge in [0.25, 0.3) is 0 Å². The molecule has 0 saturated carbocycles. The maximum Gasteiger partial charge on any atom is 0.0598 e. The molecule has 0 amide bonds. The van der Waals surface area contributed by atoms with E-state index in [1.165, 1.54) is 0 Å². The van der Waals surface area contributed by atoms with Crippen molar-refractivity contribution in [3.05, 3.63) is 41.5 Å². The van der Waals surface area contributed by atoms with Crippen molar-refractivity contribution in [2.45, 2.75) is 13.8 Å². The molecule has 0 unspecified atom stereocenters. The lowest BCUT2D eigenvalue weighted by atomic mass is 10.3. The van der Waals surface area contributed by atoms with Gasteiger partial charge in [-0.05, 0) is 25.5 Å². The lowest BCUT2D eigenvalue weighted by molar-refractivity contribution is 1.57. The van der Waals surface area contributed by atoms with E-state index in [2.05, 4.69) is 30.7 Å². The van der Waals surface area contributed by atoms with Crippen LogP contribution in [0.2, 0.25) is 0 Å². The molecule has 1 heteroatoms. The van der Waals surface area contributed by atoms with Crippen LogP contribution >= 0.6 is 11.8 Å². The van der Waals surface area contributed by atoms with Crippen LogP contribution in [0.3, 0.4) is 0 Å². The molecule has 0 aliphatic rings. The van der Waals surface area contributed by atoms with E-state index >= 15 is 0 Å². The van der Waals surface area contributed by atoms with Crippen LogP contribution in [-0.2, 0) is 0 Å². The zero-order valence-electron chi connectivity index (χ0n) is 8.18. The minimum atomic E-state index is 0.782. The predicted molar refractivity (Wildman–Crippen MR) is 62.5 cm³/mol. The minimum absolute atomic E-state index is 0.782. The van der Waals surface area contributed by atoms with E-state index in [0.29, 0.717) is 0 Å². The van der Waals surface area contributed by atoms with E-state index in [9.17, 15) is 0 Å². The quantitative estimate of drug-likeness (QED) is 0.284. The Labute approximate surface area is 85.1 Å². The van der Waals surface area contributed by atoms with Gasteiger partial charge in [-0.2, -0.15) is 0 Å². The average Bonchev–Trinajstić information content (AvgIpc) is 2.01. The number of allylic oxidation sites excluding steroid dienone is 3. The van der Waals surface area contributed by atoms with Gasteiger partial charge in [-0.15, -0.1) is 17.5 Å². The Morgan fingerprint density at radius 1 is 1.38 bits per heavy atom. The van der Waals surface area contributed by atoms with Crippen LogP contribution in [0.1, 0.15) is 13.8 Å². The van der Waals surface area contributed by atoms with Crippen LogP contribution in [-0.4, -0.2) is 5.75 Å². The summed E-state index contributed by atoms with van der Waals surface area (Å²) in [5, 5.41) is 1.89. The van der Waals surface area contributed by atoms with Crippen LogP contribution < -0.4 is 0 Å². The standard InChI is InChI=1S/C12H14S/c1-11(2)7-5-9-13-10-6-8-12(3)4/h7,9H,1,3,10H2,2,4H3. The zero-order chi connectivity index (χ0) is 10.1. The number of rotatable bonds is 3. The largest absolute Gasteiger partial charge is 0.114 e. The van der Waals surface area contributed by atoms with E-state index < -0.39 is 0 Å². The maximum absolute atomic E-state index is 3.73. The maximum atomic E-state index is 3.73. The molecule has 0 saturated heterocycles. The molecule has 0 spiro atoms. The molecule has 0 aliphatic heterocycles. The van der Waals surface area contributed by atoms with E-state index in [1.807, 2.05) is 25.3 Å². The van der Waals surface area contributed by atoms with Crippen molar-refractivity contribution < 1.29 is 0 Å². The highest BCUT2D eigenvalue weighted by Gasteiger charge is 1.74. The van der Waals surface area contributed by atoms with E-state index in [-0.39, 0.29) is 0 Å². The van der Waals surface area contributed by atoms with Crippen LogP contribution in [0.4, 0.5) is 0 Å². The SMILES string of the molecule is C=C(C)C#CCSC=C=CC(=C)C. The molecule has 0 heterocycles. The Hall–Kier alpha value is -1.09. The molecular weight excluding hydrogens is 176 g/mol. The Morgan fingerprint density at radius 3 is 2.62 bits per heavy atom. The molecule has 0 fully saturated rings. The highest BCUT2D eigenvalue weighted by molar-refractivity contribution is 8.02. The molecule has 0 bridgehead atoms. The van der Waals surface area contributed by atoms with Crippen LogP contribution in [0.5, 0.6) is 0 Å². The average molecular weight is 190 g/mol. The van der Waals surface area contributed by atoms with Gasteiger partial charge in [-0.25, -0.2) is 0 Å². The second kappa shape index (κ2) is 7.55. The van der Waals surface area contributed by atoms with Crippen molar-refractivity contribution in [1.82, 2.24) is 0 Å². The molecule has 0 aliphatic carbocycles. The monoisotopic (exact) mass is 190 g/mol. The van der Waals surface area contributed by atoms with Crippen molar-refractivity contribution in [1.29, 1.82) is 0 Å². The Balaban J connectivity index is 3.71. The fourth-order valence-corrected chi connectivity index (χ4v) is 0.898. The fourth-order valence-electron chi connectivity index (χ4n) is 0.495. The van der Waals surface area contributed by atoms with Gasteiger partial charge in [0.05, 0.1) is 5.75 Å². The van der Waals surface area contributed by atoms with Gasteiger partial charge in [0.1, 0.15) is 0 Å². The first kappa shape index (κ1) is 11.9. The van der Waals surface area contributed by atoms with Crippen LogP contribution in [0.25, 0.3) is 0 Å². The number of hydrogen-bond donors (Lipinski definition) is 0. The predicted octanol–water partition coefficient (Wildman–Crippen LogP) is 3.54. The topological polar surface area (TPSA) is 0 Å². The third kappa shape index (κ3) is 10.9. The Bertz CT molecular complexity index is 304. The minimum Gasteiger partial charge on any atom is -0.114 e. The summed E-state index contributed by atoms with van der Waals surface area (Å²) in [6.07, 6.45) is 1.85. The normalized spacial score (nSPS) is 7.54. The second-order valence-electron chi connectivity index (χ2n) is 2.67. The number of hydrogen-bond acceptors (Lipinski definition) is 1. The van der Waals surface area contributed by atoms with E-state index in [4.69, 9.17) is 0 Å². The Morgan fingerprint density at radius 2 is 2.08 bits per heavy atom. The number of thioether (sulfide) groups is 1. The first-order valence-electron chi connectivity index (χ1n) is 3.95. The molecule has 0 aromatic rings. The van der Waals surface area contributed by atoms with Gasteiger partial charge in [0.15, 0.2) is 0 Å².